The Morgan fingerprint density at radius 2 is 1.55 bits per heavy atom. The molecule has 1 unspecified atom stereocenters. The van der Waals surface area contributed by atoms with Crippen LogP contribution in [0.2, 0.25) is 0 Å². The summed E-state index contributed by atoms with van der Waals surface area (Å²) in [6.45, 7) is 0. The van der Waals surface area contributed by atoms with Crippen molar-refractivity contribution in [3.05, 3.63) is 35.4 Å². The van der Waals surface area contributed by atoms with Crippen LogP contribution in [0.4, 0.5) is 8.78 Å². The summed E-state index contributed by atoms with van der Waals surface area (Å²) in [5, 5.41) is 0. The van der Waals surface area contributed by atoms with Crippen molar-refractivity contribution in [3.63, 3.8) is 0 Å². The van der Waals surface area contributed by atoms with Gasteiger partial charge in [-0.15, -0.1) is 0 Å². The van der Waals surface area contributed by atoms with Gasteiger partial charge in [0.1, 0.15) is 11.6 Å². The van der Waals surface area contributed by atoms with Crippen molar-refractivity contribution in [2.24, 2.45) is 29.6 Å². The molecule has 0 amide bonds. The molecule has 0 nitrogen and oxygen atoms in total. The largest absolute Gasteiger partial charge is 0.207 e. The van der Waals surface area contributed by atoms with E-state index in [1.807, 2.05) is 0 Å². The van der Waals surface area contributed by atoms with Crippen LogP contribution in [0.15, 0.2) is 18.2 Å². The second-order valence-corrected chi connectivity index (χ2v) is 8.06. The molecule has 4 aliphatic rings. The van der Waals surface area contributed by atoms with E-state index in [1.54, 1.807) is 0 Å². The predicted octanol–water partition coefficient (Wildman–Crippen LogP) is 5.47. The minimum absolute atomic E-state index is 0.0341. The SMILES string of the molecule is Fc1ccc(F)c(C(Br)C2C3CC4CC(C3)CC2C4)c1. The normalized spacial score (nSPS) is 40.0. The molecule has 4 fully saturated rings. The van der Waals surface area contributed by atoms with Crippen LogP contribution >= 0.6 is 15.9 Å². The molecule has 0 spiro atoms. The van der Waals surface area contributed by atoms with Gasteiger partial charge in [-0.25, -0.2) is 8.78 Å². The predicted molar refractivity (Wildman–Crippen MR) is 78.6 cm³/mol. The molecule has 5 rings (SSSR count). The summed E-state index contributed by atoms with van der Waals surface area (Å²) in [4.78, 5) is -0.0341. The first-order valence-corrected chi connectivity index (χ1v) is 8.62. The van der Waals surface area contributed by atoms with Crippen molar-refractivity contribution >= 4 is 15.9 Å². The summed E-state index contributed by atoms with van der Waals surface area (Å²) in [7, 11) is 0. The number of benzene rings is 1. The molecule has 3 heteroatoms. The van der Waals surface area contributed by atoms with Gasteiger partial charge >= 0.3 is 0 Å². The van der Waals surface area contributed by atoms with E-state index in [2.05, 4.69) is 15.9 Å². The third kappa shape index (κ3) is 2.04. The monoisotopic (exact) mass is 340 g/mol. The van der Waals surface area contributed by atoms with E-state index in [0.717, 1.165) is 11.8 Å². The third-order valence-corrected chi connectivity index (χ3v) is 7.00. The fourth-order valence-corrected chi connectivity index (χ4v) is 6.59. The zero-order valence-electron chi connectivity index (χ0n) is 11.4. The van der Waals surface area contributed by atoms with E-state index in [4.69, 9.17) is 0 Å². The highest BCUT2D eigenvalue weighted by Crippen LogP contribution is 2.60. The van der Waals surface area contributed by atoms with E-state index < -0.39 is 0 Å². The van der Waals surface area contributed by atoms with Crippen molar-refractivity contribution in [2.75, 3.05) is 0 Å². The first-order chi connectivity index (χ1) is 9.61. The van der Waals surface area contributed by atoms with Crippen molar-refractivity contribution in [1.29, 1.82) is 0 Å². The lowest BCUT2D eigenvalue weighted by Gasteiger charge is -2.55. The average molecular weight is 341 g/mol. The van der Waals surface area contributed by atoms with E-state index in [-0.39, 0.29) is 16.5 Å². The second-order valence-electron chi connectivity index (χ2n) is 7.08. The first-order valence-electron chi connectivity index (χ1n) is 7.71. The Kier molecular flexibility index (Phi) is 3.17. The molecule has 0 radical (unpaired) electrons. The smallest absolute Gasteiger partial charge is 0.127 e. The van der Waals surface area contributed by atoms with Gasteiger partial charge in [0.05, 0.1) is 0 Å². The molecule has 0 saturated heterocycles. The van der Waals surface area contributed by atoms with Crippen LogP contribution in [0.5, 0.6) is 0 Å². The fraction of sp³-hybridized carbons (Fsp3) is 0.647. The average Bonchev–Trinajstić information content (AvgIpc) is 2.40. The van der Waals surface area contributed by atoms with Gasteiger partial charge < -0.3 is 0 Å². The fourth-order valence-electron chi connectivity index (χ4n) is 5.38. The maximum Gasteiger partial charge on any atom is 0.127 e. The van der Waals surface area contributed by atoms with Crippen LogP contribution in [0.1, 0.15) is 42.5 Å². The van der Waals surface area contributed by atoms with E-state index in [1.165, 1.54) is 50.3 Å². The van der Waals surface area contributed by atoms with Gasteiger partial charge in [0.15, 0.2) is 0 Å². The van der Waals surface area contributed by atoms with Crippen LogP contribution in [0, 0.1) is 41.2 Å². The molecule has 1 aromatic carbocycles. The maximum atomic E-state index is 14.0. The van der Waals surface area contributed by atoms with Gasteiger partial charge in [-0.1, -0.05) is 15.9 Å². The minimum Gasteiger partial charge on any atom is -0.207 e. The van der Waals surface area contributed by atoms with Gasteiger partial charge in [-0.05, 0) is 79.9 Å². The van der Waals surface area contributed by atoms with Crippen LogP contribution < -0.4 is 0 Å². The molecule has 0 aliphatic heterocycles. The summed E-state index contributed by atoms with van der Waals surface area (Å²) in [6, 6.07) is 3.84. The molecule has 0 aromatic heterocycles. The summed E-state index contributed by atoms with van der Waals surface area (Å²) in [6.07, 6.45) is 6.63. The molecule has 1 atom stereocenters. The number of alkyl halides is 1. The molecule has 4 saturated carbocycles. The molecule has 4 bridgehead atoms. The molecule has 1 aromatic rings. The minimum atomic E-state index is -0.338. The van der Waals surface area contributed by atoms with Crippen molar-refractivity contribution < 1.29 is 8.78 Å². The lowest BCUT2D eigenvalue weighted by atomic mass is 9.51. The lowest BCUT2D eigenvalue weighted by Crippen LogP contribution is -2.46. The summed E-state index contributed by atoms with van der Waals surface area (Å²) >= 11 is 3.72. The second kappa shape index (κ2) is 4.79. The van der Waals surface area contributed by atoms with Gasteiger partial charge in [-0.3, -0.25) is 0 Å². The first kappa shape index (κ1) is 13.2. The van der Waals surface area contributed by atoms with Gasteiger partial charge in [0.2, 0.25) is 0 Å². The summed E-state index contributed by atoms with van der Waals surface area (Å²) in [5.74, 6) is 3.10. The van der Waals surface area contributed by atoms with Crippen molar-refractivity contribution in [2.45, 2.75) is 36.9 Å². The van der Waals surface area contributed by atoms with Crippen LogP contribution in [0.25, 0.3) is 0 Å². The lowest BCUT2D eigenvalue weighted by molar-refractivity contribution is -0.0367. The van der Waals surface area contributed by atoms with Crippen molar-refractivity contribution in [3.8, 4) is 0 Å². The van der Waals surface area contributed by atoms with Crippen LogP contribution in [-0.4, -0.2) is 0 Å². The molecule has 4 aliphatic carbocycles. The highest BCUT2D eigenvalue weighted by Gasteiger charge is 2.50. The van der Waals surface area contributed by atoms with E-state index in [0.29, 0.717) is 23.3 Å². The molecule has 20 heavy (non-hydrogen) atoms. The molecule has 0 heterocycles. The number of rotatable bonds is 2. The summed E-state index contributed by atoms with van der Waals surface area (Å²) < 4.78 is 27.5. The Balaban J connectivity index is 1.65. The third-order valence-electron chi connectivity index (χ3n) is 5.89. The van der Waals surface area contributed by atoms with Crippen LogP contribution in [-0.2, 0) is 0 Å². The highest BCUT2D eigenvalue weighted by atomic mass is 79.9. The van der Waals surface area contributed by atoms with Crippen LogP contribution in [0.3, 0.4) is 0 Å². The molecular formula is C17H19BrF2. The molecular weight excluding hydrogens is 322 g/mol. The highest BCUT2D eigenvalue weighted by molar-refractivity contribution is 9.09. The Morgan fingerprint density at radius 1 is 0.950 bits per heavy atom. The maximum absolute atomic E-state index is 14.0. The molecule has 108 valence electrons. The van der Waals surface area contributed by atoms with Gasteiger partial charge in [0, 0.05) is 10.4 Å². The number of halogens is 3. The van der Waals surface area contributed by atoms with Gasteiger partial charge in [0.25, 0.3) is 0 Å². The topological polar surface area (TPSA) is 0 Å². The van der Waals surface area contributed by atoms with Gasteiger partial charge in [-0.2, -0.15) is 0 Å². The number of hydrogen-bond acceptors (Lipinski definition) is 0. The Bertz CT molecular complexity index is 500. The Hall–Kier alpha value is -0.440. The molecule has 0 N–H and O–H groups in total. The Morgan fingerprint density at radius 3 is 2.15 bits per heavy atom. The zero-order valence-corrected chi connectivity index (χ0v) is 13.0. The van der Waals surface area contributed by atoms with Crippen molar-refractivity contribution in [1.82, 2.24) is 0 Å². The number of hydrogen-bond donors (Lipinski definition) is 0. The standard InChI is InChI=1S/C17H19BrF2/c18-17(14-8-13(19)1-2-15(14)20)16-11-4-9-3-10(6-11)7-12(16)5-9/h1-2,8-12,16-17H,3-7H2. The van der Waals surface area contributed by atoms with E-state index in [9.17, 15) is 8.78 Å². The summed E-state index contributed by atoms with van der Waals surface area (Å²) in [5.41, 5.74) is 0.516. The Labute approximate surface area is 127 Å². The quantitative estimate of drug-likeness (QED) is 0.626. The van der Waals surface area contributed by atoms with E-state index >= 15 is 0 Å². The zero-order chi connectivity index (χ0) is 13.9.